The molecule has 1 aliphatic rings. The van der Waals surface area contributed by atoms with Crippen LogP contribution in [0.4, 0.5) is 0 Å². The molecule has 0 amide bonds. The van der Waals surface area contributed by atoms with Gasteiger partial charge in [0.25, 0.3) is 11.3 Å². The first-order chi connectivity index (χ1) is 11.7. The van der Waals surface area contributed by atoms with Gasteiger partial charge < -0.3 is 4.18 Å². The van der Waals surface area contributed by atoms with Crippen LogP contribution in [0.3, 0.4) is 0 Å². The summed E-state index contributed by atoms with van der Waals surface area (Å²) in [4.78, 5) is 0. The van der Waals surface area contributed by atoms with Crippen LogP contribution in [-0.2, 0) is 11.3 Å². The highest BCUT2D eigenvalue weighted by Crippen LogP contribution is 2.39. The Bertz CT molecular complexity index is 891. The average Bonchev–Trinajstić information content (AvgIpc) is 2.62. The van der Waals surface area contributed by atoms with Crippen molar-refractivity contribution < 1.29 is 8.39 Å². The lowest BCUT2D eigenvalue weighted by atomic mass is 9.96. The lowest BCUT2D eigenvalue weighted by Gasteiger charge is -2.24. The second-order valence-electron chi connectivity index (χ2n) is 5.82. The van der Waals surface area contributed by atoms with Crippen molar-refractivity contribution in [2.45, 2.75) is 13.0 Å². The van der Waals surface area contributed by atoms with E-state index in [-0.39, 0.29) is 6.04 Å². The SMILES string of the molecule is CC1NS(=O)Oc2c(-c3ccc(-c4ccccc4)cc3)cccc21. The zero-order valence-corrected chi connectivity index (χ0v) is 14.0. The van der Waals surface area contributed by atoms with Crippen molar-refractivity contribution in [3.05, 3.63) is 78.4 Å². The Morgan fingerprint density at radius 2 is 1.50 bits per heavy atom. The molecule has 0 saturated carbocycles. The molecule has 3 aromatic rings. The predicted molar refractivity (Wildman–Crippen MR) is 97.6 cm³/mol. The standard InChI is InChI=1S/C20H17NO2S/c1-14-18-8-5-9-19(20(18)23-24(22)21-14)17-12-10-16(11-13-17)15-6-3-2-4-7-15/h2-14,21H,1H3. The van der Waals surface area contributed by atoms with Gasteiger partial charge in [0, 0.05) is 17.2 Å². The van der Waals surface area contributed by atoms with Crippen LogP contribution in [-0.4, -0.2) is 4.21 Å². The third-order valence-corrected chi connectivity index (χ3v) is 5.11. The van der Waals surface area contributed by atoms with Gasteiger partial charge in [-0.15, -0.1) is 0 Å². The molecular formula is C20H17NO2S. The first kappa shape index (κ1) is 15.1. The second-order valence-corrected chi connectivity index (χ2v) is 6.70. The molecule has 0 bridgehead atoms. The second kappa shape index (κ2) is 6.23. The van der Waals surface area contributed by atoms with E-state index in [0.29, 0.717) is 5.75 Å². The Labute approximate surface area is 144 Å². The van der Waals surface area contributed by atoms with E-state index in [1.165, 1.54) is 11.1 Å². The van der Waals surface area contributed by atoms with Crippen molar-refractivity contribution in [3.63, 3.8) is 0 Å². The van der Waals surface area contributed by atoms with Crippen molar-refractivity contribution in [2.24, 2.45) is 0 Å². The summed E-state index contributed by atoms with van der Waals surface area (Å²) >= 11 is -1.50. The fraction of sp³-hybridized carbons (Fsp3) is 0.100. The van der Waals surface area contributed by atoms with Gasteiger partial charge >= 0.3 is 0 Å². The van der Waals surface area contributed by atoms with E-state index in [4.69, 9.17) is 4.18 Å². The molecular weight excluding hydrogens is 318 g/mol. The lowest BCUT2D eigenvalue weighted by Crippen LogP contribution is -2.30. The molecule has 0 aromatic heterocycles. The summed E-state index contributed by atoms with van der Waals surface area (Å²) in [6.45, 7) is 1.99. The Morgan fingerprint density at radius 3 is 2.25 bits per heavy atom. The predicted octanol–water partition coefficient (Wildman–Crippen LogP) is 4.64. The monoisotopic (exact) mass is 335 g/mol. The molecule has 0 radical (unpaired) electrons. The third kappa shape index (κ3) is 2.75. The number of hydrogen-bond acceptors (Lipinski definition) is 2. The van der Waals surface area contributed by atoms with E-state index in [1.54, 1.807) is 0 Å². The normalized spacial score (nSPS) is 19.4. The molecule has 3 nitrogen and oxygen atoms in total. The maximum Gasteiger partial charge on any atom is 0.288 e. The summed E-state index contributed by atoms with van der Waals surface area (Å²) in [7, 11) is 0. The van der Waals surface area contributed by atoms with E-state index in [1.807, 2.05) is 43.3 Å². The van der Waals surface area contributed by atoms with Gasteiger partial charge in [0.1, 0.15) is 0 Å². The summed E-state index contributed by atoms with van der Waals surface area (Å²) in [6, 6.07) is 24.7. The summed E-state index contributed by atoms with van der Waals surface area (Å²) in [6.07, 6.45) is 0. The molecule has 0 spiro atoms. The molecule has 1 aliphatic heterocycles. The van der Waals surface area contributed by atoms with Crippen LogP contribution in [0, 0.1) is 0 Å². The highest BCUT2D eigenvalue weighted by Gasteiger charge is 2.25. The van der Waals surface area contributed by atoms with Crippen molar-refractivity contribution in [1.82, 2.24) is 4.72 Å². The number of hydrogen-bond donors (Lipinski definition) is 1. The fourth-order valence-corrected chi connectivity index (χ4v) is 3.80. The van der Waals surface area contributed by atoms with Gasteiger partial charge in [0.15, 0.2) is 5.75 Å². The summed E-state index contributed by atoms with van der Waals surface area (Å²) in [5.41, 5.74) is 5.41. The van der Waals surface area contributed by atoms with E-state index in [2.05, 4.69) is 41.1 Å². The minimum absolute atomic E-state index is 0.00174. The minimum atomic E-state index is -1.50. The molecule has 3 aromatic carbocycles. The van der Waals surface area contributed by atoms with Gasteiger partial charge in [0.2, 0.25) is 0 Å². The quantitative estimate of drug-likeness (QED) is 0.741. The average molecular weight is 335 g/mol. The minimum Gasteiger partial charge on any atom is -0.388 e. The van der Waals surface area contributed by atoms with Gasteiger partial charge in [-0.3, -0.25) is 0 Å². The van der Waals surface area contributed by atoms with Crippen LogP contribution >= 0.6 is 0 Å². The fourth-order valence-electron chi connectivity index (χ4n) is 3.00. The van der Waals surface area contributed by atoms with Crippen LogP contribution in [0.2, 0.25) is 0 Å². The molecule has 1 N–H and O–H groups in total. The van der Waals surface area contributed by atoms with Crippen LogP contribution in [0.1, 0.15) is 18.5 Å². The van der Waals surface area contributed by atoms with Crippen LogP contribution in [0.5, 0.6) is 5.75 Å². The molecule has 24 heavy (non-hydrogen) atoms. The van der Waals surface area contributed by atoms with E-state index >= 15 is 0 Å². The molecule has 0 aliphatic carbocycles. The van der Waals surface area contributed by atoms with E-state index < -0.39 is 11.3 Å². The maximum absolute atomic E-state index is 11.8. The van der Waals surface area contributed by atoms with Crippen LogP contribution in [0.15, 0.2) is 72.8 Å². The molecule has 2 atom stereocenters. The smallest absolute Gasteiger partial charge is 0.288 e. The van der Waals surface area contributed by atoms with Gasteiger partial charge in [-0.2, -0.15) is 8.93 Å². The highest BCUT2D eigenvalue weighted by atomic mass is 32.2. The van der Waals surface area contributed by atoms with E-state index in [9.17, 15) is 4.21 Å². The van der Waals surface area contributed by atoms with Crippen molar-refractivity contribution in [3.8, 4) is 28.0 Å². The molecule has 4 heteroatoms. The highest BCUT2D eigenvalue weighted by molar-refractivity contribution is 7.78. The van der Waals surface area contributed by atoms with Crippen molar-refractivity contribution in [1.29, 1.82) is 0 Å². The van der Waals surface area contributed by atoms with Gasteiger partial charge in [-0.05, 0) is 23.6 Å². The topological polar surface area (TPSA) is 38.3 Å². The third-order valence-electron chi connectivity index (χ3n) is 4.25. The zero-order chi connectivity index (χ0) is 16.5. The molecule has 4 rings (SSSR count). The molecule has 1 heterocycles. The first-order valence-electron chi connectivity index (χ1n) is 7.87. The number of rotatable bonds is 2. The van der Waals surface area contributed by atoms with Crippen molar-refractivity contribution in [2.75, 3.05) is 0 Å². The molecule has 120 valence electrons. The number of nitrogens with one attached hydrogen (secondary N) is 1. The summed E-state index contributed by atoms with van der Waals surface area (Å²) in [5.74, 6) is 0.703. The lowest BCUT2D eigenvalue weighted by molar-refractivity contribution is 0.501. The maximum atomic E-state index is 11.8. The summed E-state index contributed by atoms with van der Waals surface area (Å²) < 4.78 is 20.3. The Balaban J connectivity index is 1.75. The van der Waals surface area contributed by atoms with Crippen molar-refractivity contribution >= 4 is 11.3 Å². The summed E-state index contributed by atoms with van der Waals surface area (Å²) in [5, 5.41) is 0. The molecule has 0 saturated heterocycles. The largest absolute Gasteiger partial charge is 0.388 e. The number of para-hydroxylation sites is 1. The Kier molecular flexibility index (Phi) is 3.92. The number of benzene rings is 3. The zero-order valence-electron chi connectivity index (χ0n) is 13.2. The molecule has 0 fully saturated rings. The van der Waals surface area contributed by atoms with Crippen LogP contribution in [0.25, 0.3) is 22.3 Å². The first-order valence-corrected chi connectivity index (χ1v) is 8.95. The Morgan fingerprint density at radius 1 is 0.833 bits per heavy atom. The van der Waals surface area contributed by atoms with E-state index in [0.717, 1.165) is 16.7 Å². The van der Waals surface area contributed by atoms with Gasteiger partial charge in [-0.25, -0.2) is 0 Å². The van der Waals surface area contributed by atoms with Gasteiger partial charge in [0.05, 0.1) is 0 Å². The van der Waals surface area contributed by atoms with Crippen LogP contribution < -0.4 is 8.91 Å². The Hall–Kier alpha value is -2.43. The van der Waals surface area contributed by atoms with Gasteiger partial charge in [-0.1, -0.05) is 72.8 Å². The molecule has 2 unspecified atom stereocenters. The number of fused-ring (bicyclic) bond motifs is 1.